The molecule has 4 heteroatoms. The van der Waals surface area contributed by atoms with E-state index in [1.165, 1.54) is 0 Å². The van der Waals surface area contributed by atoms with Crippen LogP contribution in [0.4, 0.5) is 5.69 Å². The molecule has 0 aliphatic heterocycles. The standard InChI is InChI=1S/C7H6N2S2/c8-5-1-3-10-6(5)7-9-2-4-11-7/h1-4H,8H2. The van der Waals surface area contributed by atoms with Gasteiger partial charge in [-0.2, -0.15) is 0 Å². The van der Waals surface area contributed by atoms with Crippen molar-refractivity contribution in [2.45, 2.75) is 0 Å². The summed E-state index contributed by atoms with van der Waals surface area (Å²) >= 11 is 3.24. The number of hydrogen-bond acceptors (Lipinski definition) is 4. The predicted molar refractivity (Wildman–Crippen MR) is 49.8 cm³/mol. The van der Waals surface area contributed by atoms with Crippen molar-refractivity contribution in [1.82, 2.24) is 4.98 Å². The van der Waals surface area contributed by atoms with Gasteiger partial charge in [0.15, 0.2) is 0 Å². The number of hydrogen-bond donors (Lipinski definition) is 1. The van der Waals surface area contributed by atoms with Crippen LogP contribution in [-0.4, -0.2) is 4.98 Å². The van der Waals surface area contributed by atoms with E-state index >= 15 is 0 Å². The van der Waals surface area contributed by atoms with Crippen molar-refractivity contribution in [1.29, 1.82) is 0 Å². The summed E-state index contributed by atoms with van der Waals surface area (Å²) in [5, 5.41) is 4.94. The Kier molecular flexibility index (Phi) is 1.63. The molecule has 0 atom stereocenters. The van der Waals surface area contributed by atoms with Crippen LogP contribution >= 0.6 is 22.7 Å². The van der Waals surface area contributed by atoms with Gasteiger partial charge in [-0.15, -0.1) is 22.7 Å². The Morgan fingerprint density at radius 2 is 2.18 bits per heavy atom. The number of aromatic nitrogens is 1. The molecule has 0 aliphatic carbocycles. The maximum Gasteiger partial charge on any atom is 0.135 e. The van der Waals surface area contributed by atoms with Crippen LogP contribution in [-0.2, 0) is 0 Å². The summed E-state index contributed by atoms with van der Waals surface area (Å²) in [7, 11) is 0. The second-order valence-corrected chi connectivity index (χ2v) is 3.85. The molecule has 0 saturated carbocycles. The van der Waals surface area contributed by atoms with E-state index in [0.717, 1.165) is 15.6 Å². The van der Waals surface area contributed by atoms with E-state index in [2.05, 4.69) is 4.98 Å². The maximum absolute atomic E-state index is 5.71. The third-order valence-corrected chi connectivity index (χ3v) is 3.18. The lowest BCUT2D eigenvalue weighted by Gasteiger charge is -1.90. The van der Waals surface area contributed by atoms with Gasteiger partial charge in [0.25, 0.3) is 0 Å². The summed E-state index contributed by atoms with van der Waals surface area (Å²) in [5.41, 5.74) is 6.53. The van der Waals surface area contributed by atoms with Crippen molar-refractivity contribution in [3.8, 4) is 9.88 Å². The summed E-state index contributed by atoms with van der Waals surface area (Å²) in [4.78, 5) is 5.25. The Bertz CT molecular complexity index is 337. The molecular formula is C7H6N2S2. The first-order valence-corrected chi connectivity index (χ1v) is 4.86. The summed E-state index contributed by atoms with van der Waals surface area (Å²) in [5.74, 6) is 0. The SMILES string of the molecule is Nc1ccsc1-c1nccs1. The van der Waals surface area contributed by atoms with Gasteiger partial charge in [-0.25, -0.2) is 4.98 Å². The lowest BCUT2D eigenvalue weighted by Crippen LogP contribution is -1.82. The third-order valence-electron chi connectivity index (χ3n) is 1.32. The minimum absolute atomic E-state index is 0.824. The van der Waals surface area contributed by atoms with Gasteiger partial charge in [0.05, 0.1) is 10.6 Å². The molecule has 0 saturated heterocycles. The molecule has 0 unspecified atom stereocenters. The molecular weight excluding hydrogens is 176 g/mol. The van der Waals surface area contributed by atoms with Gasteiger partial charge < -0.3 is 5.73 Å². The third kappa shape index (κ3) is 1.15. The van der Waals surface area contributed by atoms with Crippen molar-refractivity contribution in [2.75, 3.05) is 5.73 Å². The Hall–Kier alpha value is -0.870. The van der Waals surface area contributed by atoms with E-state index in [4.69, 9.17) is 5.73 Å². The Balaban J connectivity index is 2.53. The van der Waals surface area contributed by atoms with E-state index < -0.39 is 0 Å². The Morgan fingerprint density at radius 3 is 2.73 bits per heavy atom. The van der Waals surface area contributed by atoms with Crippen molar-refractivity contribution >= 4 is 28.4 Å². The fourth-order valence-corrected chi connectivity index (χ4v) is 2.42. The summed E-state index contributed by atoms with van der Waals surface area (Å²) in [6.45, 7) is 0. The van der Waals surface area contributed by atoms with Crippen LogP contribution in [0, 0.1) is 0 Å². The van der Waals surface area contributed by atoms with Gasteiger partial charge in [-0.1, -0.05) is 0 Å². The topological polar surface area (TPSA) is 38.9 Å². The fraction of sp³-hybridized carbons (Fsp3) is 0. The number of rotatable bonds is 1. The molecule has 56 valence electrons. The highest BCUT2D eigenvalue weighted by Gasteiger charge is 2.04. The van der Waals surface area contributed by atoms with Crippen LogP contribution in [0.3, 0.4) is 0 Å². The quantitative estimate of drug-likeness (QED) is 0.735. The maximum atomic E-state index is 5.71. The van der Waals surface area contributed by atoms with Crippen molar-refractivity contribution in [2.24, 2.45) is 0 Å². The second-order valence-electron chi connectivity index (χ2n) is 2.04. The van der Waals surface area contributed by atoms with Crippen LogP contribution in [0.25, 0.3) is 9.88 Å². The zero-order valence-corrected chi connectivity index (χ0v) is 7.28. The average molecular weight is 182 g/mol. The number of anilines is 1. The van der Waals surface area contributed by atoms with Crippen molar-refractivity contribution in [3.63, 3.8) is 0 Å². The largest absolute Gasteiger partial charge is 0.397 e. The van der Waals surface area contributed by atoms with E-state index in [1.807, 2.05) is 16.8 Å². The van der Waals surface area contributed by atoms with Gasteiger partial charge in [0.2, 0.25) is 0 Å². The van der Waals surface area contributed by atoms with Crippen molar-refractivity contribution in [3.05, 3.63) is 23.0 Å². The molecule has 2 nitrogen and oxygen atoms in total. The van der Waals surface area contributed by atoms with E-state index in [9.17, 15) is 0 Å². The second kappa shape index (κ2) is 2.64. The monoisotopic (exact) mass is 182 g/mol. The number of nitrogens with zero attached hydrogens (tertiary/aromatic N) is 1. The van der Waals surface area contributed by atoms with E-state index in [0.29, 0.717) is 0 Å². The number of nitrogen functional groups attached to an aromatic ring is 1. The van der Waals surface area contributed by atoms with Crippen LogP contribution in [0.1, 0.15) is 0 Å². The first-order valence-electron chi connectivity index (χ1n) is 3.11. The zero-order chi connectivity index (χ0) is 7.68. The molecule has 2 rings (SSSR count). The Morgan fingerprint density at radius 1 is 1.27 bits per heavy atom. The highest BCUT2D eigenvalue weighted by molar-refractivity contribution is 7.20. The highest BCUT2D eigenvalue weighted by Crippen LogP contribution is 2.32. The van der Waals surface area contributed by atoms with Gasteiger partial charge >= 0.3 is 0 Å². The summed E-state index contributed by atoms with van der Waals surface area (Å²) in [6, 6.07) is 1.90. The lowest BCUT2D eigenvalue weighted by molar-refractivity contribution is 1.43. The van der Waals surface area contributed by atoms with E-state index in [1.54, 1.807) is 28.9 Å². The van der Waals surface area contributed by atoms with Crippen LogP contribution < -0.4 is 5.73 Å². The summed E-state index contributed by atoms with van der Waals surface area (Å²) in [6.07, 6.45) is 1.79. The molecule has 0 radical (unpaired) electrons. The van der Waals surface area contributed by atoms with Gasteiger partial charge in [-0.05, 0) is 11.4 Å². The molecule has 2 N–H and O–H groups in total. The van der Waals surface area contributed by atoms with Crippen LogP contribution in [0.5, 0.6) is 0 Å². The molecule has 0 bridgehead atoms. The molecule has 2 aromatic rings. The smallest absolute Gasteiger partial charge is 0.135 e. The number of thiazole rings is 1. The van der Waals surface area contributed by atoms with Crippen LogP contribution in [0.2, 0.25) is 0 Å². The van der Waals surface area contributed by atoms with Gasteiger partial charge in [0.1, 0.15) is 5.01 Å². The fourth-order valence-electron chi connectivity index (χ4n) is 0.829. The molecule has 2 aromatic heterocycles. The first-order chi connectivity index (χ1) is 5.38. The van der Waals surface area contributed by atoms with Gasteiger partial charge in [0, 0.05) is 11.6 Å². The molecule has 0 spiro atoms. The molecule has 0 amide bonds. The minimum Gasteiger partial charge on any atom is -0.397 e. The lowest BCUT2D eigenvalue weighted by atomic mass is 10.4. The normalized spacial score (nSPS) is 10.2. The zero-order valence-electron chi connectivity index (χ0n) is 5.65. The molecule has 0 aromatic carbocycles. The molecule has 2 heterocycles. The average Bonchev–Trinajstić information content (AvgIpc) is 2.55. The number of thiophene rings is 1. The Labute approximate surface area is 72.3 Å². The van der Waals surface area contributed by atoms with Crippen molar-refractivity contribution < 1.29 is 0 Å². The highest BCUT2D eigenvalue weighted by atomic mass is 32.1. The van der Waals surface area contributed by atoms with Gasteiger partial charge in [-0.3, -0.25) is 0 Å². The molecule has 0 aliphatic rings. The number of nitrogens with two attached hydrogens (primary N) is 1. The first kappa shape index (κ1) is 6.82. The molecule has 11 heavy (non-hydrogen) atoms. The molecule has 0 fully saturated rings. The minimum atomic E-state index is 0.824. The van der Waals surface area contributed by atoms with Crippen LogP contribution in [0.15, 0.2) is 23.0 Å². The summed E-state index contributed by atoms with van der Waals surface area (Å²) < 4.78 is 0. The predicted octanol–water partition coefficient (Wildman–Crippen LogP) is 2.45. The van der Waals surface area contributed by atoms with E-state index in [-0.39, 0.29) is 0 Å².